The first-order valence-electron chi connectivity index (χ1n) is 14.1. The Morgan fingerprint density at radius 3 is 2.03 bits per heavy atom. The Morgan fingerprint density at radius 1 is 1.05 bits per heavy atom. The van der Waals surface area contributed by atoms with E-state index in [0.717, 1.165) is 37.5 Å². The molecule has 8 nitrogen and oxygen atoms in total. The molecule has 4 saturated carbocycles. The van der Waals surface area contributed by atoms with E-state index in [-0.39, 0.29) is 25.7 Å². The number of carboxylic acids is 1. The van der Waals surface area contributed by atoms with Crippen LogP contribution in [0.15, 0.2) is 0 Å². The molecule has 5 rings (SSSR count). The van der Waals surface area contributed by atoms with E-state index >= 15 is 0 Å². The third-order valence-electron chi connectivity index (χ3n) is 10.6. The maximum Gasteiger partial charge on any atom is 0.320 e. The van der Waals surface area contributed by atoms with Crippen molar-refractivity contribution in [2.75, 3.05) is 0 Å². The van der Waals surface area contributed by atoms with Gasteiger partial charge in [0.05, 0.1) is 34.2 Å². The molecule has 3 atom stereocenters. The molecular weight excluding hydrogens is 486 g/mol. The summed E-state index contributed by atoms with van der Waals surface area (Å²) < 4.78 is 11.1. The van der Waals surface area contributed by atoms with Crippen LogP contribution in [0.4, 0.5) is 0 Å². The minimum absolute atomic E-state index is 0.00901. The lowest BCUT2D eigenvalue weighted by Crippen LogP contribution is -2.59. The van der Waals surface area contributed by atoms with Crippen molar-refractivity contribution in [2.24, 2.45) is 45.3 Å². The van der Waals surface area contributed by atoms with E-state index in [1.807, 2.05) is 0 Å². The fraction of sp³-hybridized carbons (Fsp3) is 0.833. The lowest BCUT2D eigenvalue weighted by atomic mass is 9.50. The van der Waals surface area contributed by atoms with Gasteiger partial charge in [-0.05, 0) is 116 Å². The van der Waals surface area contributed by atoms with Gasteiger partial charge in [0.1, 0.15) is 5.60 Å². The van der Waals surface area contributed by atoms with Crippen LogP contribution in [-0.2, 0) is 28.7 Å². The average molecular weight is 530 g/mol. The number of nitriles is 1. The predicted octanol–water partition coefficient (Wildman–Crippen LogP) is 5.43. The van der Waals surface area contributed by atoms with E-state index in [4.69, 9.17) is 9.47 Å². The predicted molar refractivity (Wildman–Crippen MR) is 137 cm³/mol. The van der Waals surface area contributed by atoms with E-state index in [9.17, 15) is 29.5 Å². The number of carbonyl (C=O) groups excluding carboxylic acids is 3. The van der Waals surface area contributed by atoms with Crippen molar-refractivity contribution in [3.63, 3.8) is 0 Å². The second-order valence-corrected chi connectivity index (χ2v) is 14.4. The zero-order valence-electron chi connectivity index (χ0n) is 23.7. The summed E-state index contributed by atoms with van der Waals surface area (Å²) in [6, 6.07) is 2.23. The molecule has 0 aromatic heterocycles. The molecule has 1 aliphatic heterocycles. The highest BCUT2D eigenvalue weighted by Crippen LogP contribution is 2.60. The highest BCUT2D eigenvalue weighted by Gasteiger charge is 2.59. The molecule has 0 aromatic carbocycles. The summed E-state index contributed by atoms with van der Waals surface area (Å²) in [7, 11) is 0. The van der Waals surface area contributed by atoms with E-state index < -0.39 is 51.1 Å². The Morgan fingerprint density at radius 2 is 1.61 bits per heavy atom. The van der Waals surface area contributed by atoms with Crippen molar-refractivity contribution >= 4 is 23.9 Å². The molecule has 1 heterocycles. The summed E-state index contributed by atoms with van der Waals surface area (Å²) in [5, 5.41) is 20.5. The maximum atomic E-state index is 13.7. The molecule has 1 saturated heterocycles. The maximum absolute atomic E-state index is 13.7. The number of hydrogen-bond acceptors (Lipinski definition) is 7. The lowest BCUT2D eigenvalue weighted by Gasteiger charge is -2.59. The molecular formula is C30H43NO7. The number of hydrogen-bond donors (Lipinski definition) is 1. The van der Waals surface area contributed by atoms with Crippen LogP contribution in [-0.4, -0.2) is 34.6 Å². The number of carbonyl (C=O) groups is 4. The number of carboxylic acid groups (broad SMARTS) is 1. The molecule has 0 aromatic rings. The molecule has 5 aliphatic rings. The Labute approximate surface area is 225 Å². The topological polar surface area (TPSA) is 131 Å². The monoisotopic (exact) mass is 529 g/mol. The van der Waals surface area contributed by atoms with Gasteiger partial charge in [0.25, 0.3) is 0 Å². The molecule has 3 unspecified atom stereocenters. The first kappa shape index (κ1) is 28.6. The van der Waals surface area contributed by atoms with E-state index in [1.165, 1.54) is 6.42 Å². The minimum Gasteiger partial charge on any atom is -0.481 e. The van der Waals surface area contributed by atoms with E-state index in [1.54, 1.807) is 34.6 Å². The molecule has 4 aliphatic carbocycles. The van der Waals surface area contributed by atoms with Gasteiger partial charge in [-0.15, -0.1) is 0 Å². The first-order valence-corrected chi connectivity index (χ1v) is 14.1. The molecule has 1 N–H and O–H groups in total. The molecule has 5 fully saturated rings. The fourth-order valence-electron chi connectivity index (χ4n) is 8.76. The van der Waals surface area contributed by atoms with Crippen molar-refractivity contribution < 1.29 is 33.8 Å². The second kappa shape index (κ2) is 9.34. The van der Waals surface area contributed by atoms with Crippen LogP contribution in [0.3, 0.4) is 0 Å². The van der Waals surface area contributed by atoms with Gasteiger partial charge in [-0.2, -0.15) is 5.26 Å². The van der Waals surface area contributed by atoms with Gasteiger partial charge in [-0.25, -0.2) is 0 Å². The molecule has 8 heteroatoms. The Hall–Kier alpha value is -2.43. The number of ether oxygens (including phenoxy) is 2. The van der Waals surface area contributed by atoms with Gasteiger partial charge in [-0.1, -0.05) is 6.92 Å². The Kier molecular flexibility index (Phi) is 7.03. The quantitative estimate of drug-likeness (QED) is 0.293. The third kappa shape index (κ3) is 4.86. The van der Waals surface area contributed by atoms with Gasteiger partial charge >= 0.3 is 23.9 Å². The number of esters is 3. The molecule has 38 heavy (non-hydrogen) atoms. The highest BCUT2D eigenvalue weighted by molar-refractivity contribution is 5.97. The number of rotatable bonds is 10. The molecule has 210 valence electrons. The molecule has 0 radical (unpaired) electrons. The molecule has 0 amide bonds. The fourth-order valence-corrected chi connectivity index (χ4v) is 8.76. The van der Waals surface area contributed by atoms with Crippen molar-refractivity contribution in [3.05, 3.63) is 0 Å². The van der Waals surface area contributed by atoms with Crippen molar-refractivity contribution in [3.8, 4) is 6.07 Å². The van der Waals surface area contributed by atoms with Gasteiger partial charge in [0, 0.05) is 0 Å². The van der Waals surface area contributed by atoms with Crippen LogP contribution in [0.25, 0.3) is 0 Å². The van der Waals surface area contributed by atoms with Crippen molar-refractivity contribution in [2.45, 2.75) is 111 Å². The van der Waals surface area contributed by atoms with Crippen LogP contribution in [0.1, 0.15) is 106 Å². The summed E-state index contributed by atoms with van der Waals surface area (Å²) in [6.07, 6.45) is 5.75. The average Bonchev–Trinajstić information content (AvgIpc) is 3.09. The van der Waals surface area contributed by atoms with Gasteiger partial charge in [0.15, 0.2) is 0 Å². The number of nitrogens with zero attached hydrogens (tertiary/aromatic N) is 1. The summed E-state index contributed by atoms with van der Waals surface area (Å²) in [6.45, 7) is 10.5. The number of aliphatic carboxylic acids is 1. The zero-order valence-corrected chi connectivity index (χ0v) is 23.7. The van der Waals surface area contributed by atoms with Crippen molar-refractivity contribution in [1.82, 2.24) is 0 Å². The largest absolute Gasteiger partial charge is 0.481 e. The Balaban J connectivity index is 1.52. The summed E-state index contributed by atoms with van der Waals surface area (Å²) in [5.41, 5.74) is -5.46. The molecule has 4 bridgehead atoms. The van der Waals surface area contributed by atoms with Crippen LogP contribution < -0.4 is 0 Å². The SMILES string of the molecule is CCC1(CC(C)(C#N)CC(C)(CC(C)(C)C(=O)OC2(C)C3CC4CC(C3)CC2C4)C(=O)O)CC(=O)OC1=O. The van der Waals surface area contributed by atoms with Gasteiger partial charge < -0.3 is 14.6 Å². The normalized spacial score (nSPS) is 37.2. The van der Waals surface area contributed by atoms with Crippen LogP contribution in [0.5, 0.6) is 0 Å². The van der Waals surface area contributed by atoms with Crippen LogP contribution in [0.2, 0.25) is 0 Å². The first-order chi connectivity index (χ1) is 17.5. The van der Waals surface area contributed by atoms with E-state index in [0.29, 0.717) is 18.3 Å². The Bertz CT molecular complexity index is 1040. The minimum atomic E-state index is -1.45. The van der Waals surface area contributed by atoms with E-state index in [2.05, 4.69) is 13.0 Å². The second-order valence-electron chi connectivity index (χ2n) is 14.4. The summed E-state index contributed by atoms with van der Waals surface area (Å²) >= 11 is 0. The number of cyclic esters (lactones) is 2. The third-order valence-corrected chi connectivity index (χ3v) is 10.6. The molecule has 0 spiro atoms. The van der Waals surface area contributed by atoms with Gasteiger partial charge in [0.2, 0.25) is 0 Å². The summed E-state index contributed by atoms with van der Waals surface area (Å²) in [5.74, 6) is -0.623. The van der Waals surface area contributed by atoms with Crippen LogP contribution >= 0.6 is 0 Å². The summed E-state index contributed by atoms with van der Waals surface area (Å²) in [4.78, 5) is 50.8. The zero-order chi connectivity index (χ0) is 28.3. The standard InChI is InChI=1S/C30H43NO7/c1-7-30(13-22(32)37-25(30)36)16-27(4,17-31)15-28(5,23(33)34)14-26(2,3)24(35)38-29(6)20-9-18-8-19(11-20)12-21(29)10-18/h18-21H,7-16H2,1-6H3,(H,33,34). The highest BCUT2D eigenvalue weighted by atomic mass is 16.6. The lowest BCUT2D eigenvalue weighted by molar-refractivity contribution is -0.212. The van der Waals surface area contributed by atoms with Crippen molar-refractivity contribution in [1.29, 1.82) is 5.26 Å². The smallest absolute Gasteiger partial charge is 0.320 e. The van der Waals surface area contributed by atoms with Gasteiger partial charge in [-0.3, -0.25) is 19.2 Å². The van der Waals surface area contributed by atoms with Crippen LogP contribution in [0, 0.1) is 56.7 Å².